The van der Waals surface area contributed by atoms with Crippen LogP contribution in [0.15, 0.2) is 35.7 Å². The number of benzene rings is 1. The molecule has 2 aromatic heterocycles. The van der Waals surface area contributed by atoms with E-state index in [0.29, 0.717) is 30.0 Å². The SMILES string of the molecule is Cc1sc(C(=N)N)cc1-c1nc(-c2cccc(OCC(=O)N3CCCC(COC(=O)C(F)(F)F)C3)c2)cs1. The molecule has 4 rings (SSSR count). The first-order valence-corrected chi connectivity index (χ1v) is 13.4. The largest absolute Gasteiger partial charge is 0.490 e. The topological polar surface area (TPSA) is 119 Å². The molecule has 8 nitrogen and oxygen atoms in total. The van der Waals surface area contributed by atoms with Crippen LogP contribution in [0.25, 0.3) is 21.8 Å². The Bertz CT molecular complexity index is 1340. The molecule has 1 amide bonds. The van der Waals surface area contributed by atoms with E-state index in [9.17, 15) is 22.8 Å². The number of rotatable bonds is 8. The number of ether oxygens (including phenoxy) is 2. The maximum absolute atomic E-state index is 12.7. The average Bonchev–Trinajstić information content (AvgIpc) is 3.52. The summed E-state index contributed by atoms with van der Waals surface area (Å²) in [5.74, 6) is -2.39. The number of nitrogens with two attached hydrogens (primary N) is 1. The number of nitrogen functional groups attached to an aromatic ring is 1. The van der Waals surface area contributed by atoms with Gasteiger partial charge in [-0.1, -0.05) is 12.1 Å². The van der Waals surface area contributed by atoms with Crippen molar-refractivity contribution in [2.24, 2.45) is 11.7 Å². The molecule has 0 spiro atoms. The third-order valence-electron chi connectivity index (χ3n) is 5.96. The smallest absolute Gasteiger partial charge is 0.484 e. The lowest BCUT2D eigenvalue weighted by atomic mass is 9.99. The maximum Gasteiger partial charge on any atom is 0.490 e. The van der Waals surface area contributed by atoms with E-state index >= 15 is 0 Å². The van der Waals surface area contributed by atoms with Gasteiger partial charge in [0.2, 0.25) is 0 Å². The van der Waals surface area contributed by atoms with Gasteiger partial charge in [-0.05, 0) is 38.0 Å². The average molecular weight is 567 g/mol. The summed E-state index contributed by atoms with van der Waals surface area (Å²) in [6, 6.07) is 9.04. The van der Waals surface area contributed by atoms with Crippen LogP contribution in [0.2, 0.25) is 0 Å². The molecule has 13 heteroatoms. The molecule has 1 fully saturated rings. The van der Waals surface area contributed by atoms with E-state index in [1.54, 1.807) is 18.2 Å². The fourth-order valence-electron chi connectivity index (χ4n) is 4.04. The molecule has 3 heterocycles. The van der Waals surface area contributed by atoms with Gasteiger partial charge in [-0.25, -0.2) is 9.78 Å². The number of hydrogen-bond donors (Lipinski definition) is 2. The zero-order valence-electron chi connectivity index (χ0n) is 20.3. The second-order valence-corrected chi connectivity index (χ2v) is 10.9. The highest BCUT2D eigenvalue weighted by Crippen LogP contribution is 2.35. The third kappa shape index (κ3) is 6.70. The van der Waals surface area contributed by atoms with Crippen molar-refractivity contribution >= 4 is 40.4 Å². The second kappa shape index (κ2) is 11.5. The number of aromatic nitrogens is 1. The highest BCUT2D eigenvalue weighted by atomic mass is 32.1. The molecule has 1 aromatic carbocycles. The summed E-state index contributed by atoms with van der Waals surface area (Å²) in [7, 11) is 0. The van der Waals surface area contributed by atoms with Crippen molar-refractivity contribution in [3.63, 3.8) is 0 Å². The molecule has 202 valence electrons. The lowest BCUT2D eigenvalue weighted by Gasteiger charge is -2.32. The van der Waals surface area contributed by atoms with Crippen molar-refractivity contribution in [1.82, 2.24) is 9.88 Å². The van der Waals surface area contributed by atoms with Crippen LogP contribution in [0.3, 0.4) is 0 Å². The molecule has 0 bridgehead atoms. The van der Waals surface area contributed by atoms with Crippen molar-refractivity contribution in [1.29, 1.82) is 5.41 Å². The van der Waals surface area contributed by atoms with E-state index in [-0.39, 0.29) is 37.4 Å². The highest BCUT2D eigenvalue weighted by molar-refractivity contribution is 7.16. The van der Waals surface area contributed by atoms with E-state index in [0.717, 1.165) is 26.7 Å². The second-order valence-electron chi connectivity index (χ2n) is 8.79. The van der Waals surface area contributed by atoms with Crippen molar-refractivity contribution in [3.8, 4) is 27.6 Å². The number of hydrogen-bond acceptors (Lipinski definition) is 8. The van der Waals surface area contributed by atoms with Crippen LogP contribution < -0.4 is 10.5 Å². The van der Waals surface area contributed by atoms with Gasteiger partial charge in [0, 0.05) is 40.4 Å². The Morgan fingerprint density at radius 2 is 2.08 bits per heavy atom. The summed E-state index contributed by atoms with van der Waals surface area (Å²) < 4.78 is 47.1. The Kier molecular flexibility index (Phi) is 8.36. The van der Waals surface area contributed by atoms with E-state index in [4.69, 9.17) is 20.9 Å². The molecule has 38 heavy (non-hydrogen) atoms. The standard InChI is InChI=1S/C25H25F3N4O4S2/c1-14-18(9-20(38-14)22(29)30)23-31-19(13-37-23)16-5-2-6-17(8-16)35-12-21(33)32-7-3-4-15(10-32)11-36-24(34)25(26,27)28/h2,5-6,8-9,13,15H,3-4,7,10-12H2,1H3,(H3,29,30). The van der Waals surface area contributed by atoms with E-state index in [1.807, 2.05) is 24.4 Å². The summed E-state index contributed by atoms with van der Waals surface area (Å²) in [5.41, 5.74) is 8.09. The van der Waals surface area contributed by atoms with E-state index in [1.165, 1.54) is 27.6 Å². The first-order valence-electron chi connectivity index (χ1n) is 11.7. The van der Waals surface area contributed by atoms with E-state index in [2.05, 4.69) is 4.74 Å². The number of piperidine rings is 1. The fourth-order valence-corrected chi connectivity index (χ4v) is 5.89. The van der Waals surface area contributed by atoms with Crippen molar-refractivity contribution < 1.29 is 32.2 Å². The molecule has 0 radical (unpaired) electrons. The Balaban J connectivity index is 1.34. The summed E-state index contributed by atoms with van der Waals surface area (Å²) in [6.07, 6.45) is -3.87. The molecule has 3 aromatic rings. The predicted octanol–water partition coefficient (Wildman–Crippen LogP) is 4.85. The van der Waals surface area contributed by atoms with Gasteiger partial charge in [-0.2, -0.15) is 13.2 Å². The number of likely N-dealkylation sites (tertiary alicyclic amines) is 1. The monoisotopic (exact) mass is 566 g/mol. The van der Waals surface area contributed by atoms with Crippen molar-refractivity contribution in [3.05, 3.63) is 45.5 Å². The van der Waals surface area contributed by atoms with Crippen molar-refractivity contribution in [2.45, 2.75) is 25.9 Å². The van der Waals surface area contributed by atoms with Crippen LogP contribution in [0.4, 0.5) is 13.2 Å². The maximum atomic E-state index is 12.7. The summed E-state index contributed by atoms with van der Waals surface area (Å²) in [5, 5.41) is 10.4. The van der Waals surface area contributed by atoms with Crippen molar-refractivity contribution in [2.75, 3.05) is 26.3 Å². The Morgan fingerprint density at radius 1 is 1.29 bits per heavy atom. The summed E-state index contributed by atoms with van der Waals surface area (Å²) >= 11 is 2.92. The zero-order chi connectivity index (χ0) is 27.4. The molecule has 0 saturated carbocycles. The lowest BCUT2D eigenvalue weighted by Crippen LogP contribution is -2.43. The van der Waals surface area contributed by atoms with Gasteiger partial charge in [0.15, 0.2) is 6.61 Å². The van der Waals surface area contributed by atoms with Gasteiger partial charge in [0.25, 0.3) is 5.91 Å². The molecular formula is C25H25F3N4O4S2. The first kappa shape index (κ1) is 27.6. The normalized spacial score (nSPS) is 15.8. The molecular weight excluding hydrogens is 541 g/mol. The summed E-state index contributed by atoms with van der Waals surface area (Å²) in [4.78, 5) is 31.6. The van der Waals surface area contributed by atoms with Gasteiger partial charge < -0.3 is 20.1 Å². The number of nitrogens with one attached hydrogen (secondary N) is 1. The van der Waals surface area contributed by atoms with Gasteiger partial charge in [0.1, 0.15) is 16.6 Å². The van der Waals surface area contributed by atoms with Gasteiger partial charge in [-0.3, -0.25) is 10.2 Å². The molecule has 1 aliphatic heterocycles. The predicted molar refractivity (Wildman–Crippen MR) is 138 cm³/mol. The van der Waals surface area contributed by atoms with Crippen LogP contribution in [-0.4, -0.2) is 60.1 Å². The minimum atomic E-state index is -5.03. The minimum absolute atomic E-state index is 0.0190. The number of aryl methyl sites for hydroxylation is 1. The van der Waals surface area contributed by atoms with Crippen LogP contribution in [0.5, 0.6) is 5.75 Å². The molecule has 3 N–H and O–H groups in total. The third-order valence-corrected chi connectivity index (χ3v) is 7.92. The molecule has 1 unspecified atom stereocenters. The first-order chi connectivity index (χ1) is 18.0. The van der Waals surface area contributed by atoms with Gasteiger partial charge in [-0.15, -0.1) is 22.7 Å². The lowest BCUT2D eigenvalue weighted by molar-refractivity contribution is -0.201. The minimum Gasteiger partial charge on any atom is -0.484 e. The molecule has 1 saturated heterocycles. The Hall–Kier alpha value is -3.45. The number of halogens is 3. The Labute approximate surface area is 224 Å². The van der Waals surface area contributed by atoms with Crippen LogP contribution in [0.1, 0.15) is 22.6 Å². The quantitative estimate of drug-likeness (QED) is 0.229. The van der Waals surface area contributed by atoms with Gasteiger partial charge >= 0.3 is 12.1 Å². The molecule has 1 atom stereocenters. The zero-order valence-corrected chi connectivity index (χ0v) is 22.0. The highest BCUT2D eigenvalue weighted by Gasteiger charge is 2.41. The number of amides is 1. The number of amidine groups is 1. The fraction of sp³-hybridized carbons (Fsp3) is 0.360. The number of carbonyl (C=O) groups is 2. The number of thiazole rings is 1. The van der Waals surface area contributed by atoms with E-state index < -0.39 is 12.1 Å². The summed E-state index contributed by atoms with van der Waals surface area (Å²) in [6.45, 7) is 1.99. The number of carbonyl (C=O) groups excluding carboxylic acids is 2. The van der Waals surface area contributed by atoms with Crippen LogP contribution >= 0.6 is 22.7 Å². The number of alkyl halides is 3. The Morgan fingerprint density at radius 3 is 2.79 bits per heavy atom. The number of nitrogens with zero attached hydrogens (tertiary/aromatic N) is 2. The molecule has 0 aliphatic carbocycles. The van der Waals surface area contributed by atoms with Crippen LogP contribution in [0, 0.1) is 18.3 Å². The number of thiophene rings is 1. The molecule has 1 aliphatic rings. The van der Waals surface area contributed by atoms with Gasteiger partial charge in [0.05, 0.1) is 17.2 Å². The number of esters is 1. The van der Waals surface area contributed by atoms with Crippen LogP contribution in [-0.2, 0) is 14.3 Å².